The molecule has 1 saturated heterocycles. The van der Waals surface area contributed by atoms with Crippen molar-refractivity contribution in [3.05, 3.63) is 54.2 Å². The summed E-state index contributed by atoms with van der Waals surface area (Å²) in [7, 11) is -0.349. The molecule has 8 nitrogen and oxygen atoms in total. The van der Waals surface area contributed by atoms with E-state index in [0.717, 1.165) is 29.3 Å². The third-order valence-corrected chi connectivity index (χ3v) is 8.30. The Labute approximate surface area is 200 Å². The molecule has 1 N–H and O–H groups in total. The molecule has 0 atom stereocenters. The molecule has 0 spiro atoms. The zero-order valence-corrected chi connectivity index (χ0v) is 20.6. The number of piperidine rings is 1. The van der Waals surface area contributed by atoms with Crippen LogP contribution >= 0.6 is 0 Å². The second-order valence-electron chi connectivity index (χ2n) is 8.71. The number of methoxy groups -OCH3 is 2. The number of carbonyl (C=O) groups is 1. The maximum absolute atomic E-state index is 13.1. The number of rotatable bonds is 8. The van der Waals surface area contributed by atoms with Gasteiger partial charge in [-0.3, -0.25) is 4.79 Å². The highest BCUT2D eigenvalue weighted by molar-refractivity contribution is 7.89. The van der Waals surface area contributed by atoms with Gasteiger partial charge in [-0.25, -0.2) is 8.42 Å². The van der Waals surface area contributed by atoms with Crippen molar-refractivity contribution >= 4 is 26.8 Å². The van der Waals surface area contributed by atoms with Gasteiger partial charge in [-0.15, -0.1) is 0 Å². The summed E-state index contributed by atoms with van der Waals surface area (Å²) in [6.45, 7) is 3.69. The lowest BCUT2D eigenvalue weighted by molar-refractivity contribution is -0.121. The maximum atomic E-state index is 13.1. The molecule has 34 heavy (non-hydrogen) atoms. The summed E-state index contributed by atoms with van der Waals surface area (Å²) in [5.74, 6) is 1.75. The number of hydrogen-bond acceptors (Lipinski definition) is 5. The first-order valence-corrected chi connectivity index (χ1v) is 12.8. The fourth-order valence-electron chi connectivity index (χ4n) is 4.28. The molecular weight excluding hydrogens is 454 g/mol. The number of nitrogens with one attached hydrogen (secondary N) is 1. The average Bonchev–Trinajstić information content (AvgIpc) is 3.24. The second kappa shape index (κ2) is 10.1. The quantitative estimate of drug-likeness (QED) is 0.528. The molecule has 1 aromatic heterocycles. The van der Waals surface area contributed by atoms with E-state index in [9.17, 15) is 13.2 Å². The molecule has 0 saturated carbocycles. The molecule has 9 heteroatoms. The number of ether oxygens (including phenoxy) is 2. The van der Waals surface area contributed by atoms with E-state index in [2.05, 4.69) is 12.2 Å². The summed E-state index contributed by atoms with van der Waals surface area (Å²) in [5.41, 5.74) is 1.62. The van der Waals surface area contributed by atoms with Gasteiger partial charge in [0.25, 0.3) is 0 Å². The van der Waals surface area contributed by atoms with Crippen LogP contribution in [0.3, 0.4) is 0 Å². The van der Waals surface area contributed by atoms with E-state index in [-0.39, 0.29) is 12.5 Å². The fraction of sp³-hybridized carbons (Fsp3) is 0.400. The van der Waals surface area contributed by atoms with Crippen LogP contribution in [0, 0.1) is 5.92 Å². The minimum Gasteiger partial charge on any atom is -0.497 e. The largest absolute Gasteiger partial charge is 0.497 e. The van der Waals surface area contributed by atoms with Crippen molar-refractivity contribution in [1.29, 1.82) is 0 Å². The molecular formula is C25H31N3O5S. The van der Waals surface area contributed by atoms with Gasteiger partial charge in [0.15, 0.2) is 0 Å². The minimum atomic E-state index is -3.52. The van der Waals surface area contributed by atoms with E-state index in [4.69, 9.17) is 9.47 Å². The van der Waals surface area contributed by atoms with Gasteiger partial charge in [0.1, 0.15) is 18.0 Å². The normalized spacial score (nSPS) is 15.4. The van der Waals surface area contributed by atoms with Gasteiger partial charge < -0.3 is 19.4 Å². The molecule has 1 aliphatic heterocycles. The predicted molar refractivity (Wildman–Crippen MR) is 130 cm³/mol. The van der Waals surface area contributed by atoms with Gasteiger partial charge in [-0.2, -0.15) is 4.31 Å². The molecule has 4 rings (SSSR count). The lowest BCUT2D eigenvalue weighted by atomic mass is 10.0. The topological polar surface area (TPSA) is 89.9 Å². The van der Waals surface area contributed by atoms with E-state index in [1.165, 1.54) is 0 Å². The molecule has 3 aromatic rings. The molecule has 2 heterocycles. The summed E-state index contributed by atoms with van der Waals surface area (Å²) < 4.78 is 40.2. The fourth-order valence-corrected chi connectivity index (χ4v) is 5.78. The Bertz CT molecular complexity index is 1280. The van der Waals surface area contributed by atoms with Gasteiger partial charge in [0, 0.05) is 42.3 Å². The van der Waals surface area contributed by atoms with Crippen molar-refractivity contribution in [2.45, 2.75) is 37.8 Å². The van der Waals surface area contributed by atoms with Crippen molar-refractivity contribution in [1.82, 2.24) is 14.2 Å². The summed E-state index contributed by atoms with van der Waals surface area (Å²) >= 11 is 0. The van der Waals surface area contributed by atoms with Gasteiger partial charge in [-0.1, -0.05) is 6.92 Å². The molecule has 1 fully saturated rings. The highest BCUT2D eigenvalue weighted by atomic mass is 32.2. The molecule has 0 bridgehead atoms. The van der Waals surface area contributed by atoms with E-state index < -0.39 is 10.0 Å². The number of hydrogen-bond donors (Lipinski definition) is 1. The number of fused-ring (bicyclic) bond motifs is 1. The highest BCUT2D eigenvalue weighted by Gasteiger charge is 2.28. The van der Waals surface area contributed by atoms with E-state index in [0.29, 0.717) is 41.9 Å². The van der Waals surface area contributed by atoms with Crippen molar-refractivity contribution in [2.24, 2.45) is 5.92 Å². The van der Waals surface area contributed by atoms with Crippen LogP contribution in [-0.4, -0.2) is 50.5 Å². The van der Waals surface area contributed by atoms with Gasteiger partial charge >= 0.3 is 0 Å². The van der Waals surface area contributed by atoms with Crippen LogP contribution in [0.2, 0.25) is 0 Å². The van der Waals surface area contributed by atoms with E-state index in [1.54, 1.807) is 55.1 Å². The number of carbonyl (C=O) groups excluding carboxylic acids is 1. The Morgan fingerprint density at radius 2 is 1.82 bits per heavy atom. The first-order valence-electron chi connectivity index (χ1n) is 11.4. The average molecular weight is 486 g/mol. The second-order valence-corrected chi connectivity index (χ2v) is 10.6. The van der Waals surface area contributed by atoms with E-state index in [1.807, 2.05) is 16.7 Å². The third-order valence-electron chi connectivity index (χ3n) is 6.40. The molecule has 0 unspecified atom stereocenters. The number of benzene rings is 2. The Kier molecular flexibility index (Phi) is 7.13. The van der Waals surface area contributed by atoms with Crippen LogP contribution < -0.4 is 14.8 Å². The number of nitrogens with zero attached hydrogens (tertiary/aromatic N) is 2. The van der Waals surface area contributed by atoms with Gasteiger partial charge in [0.05, 0.1) is 19.1 Å². The smallest absolute Gasteiger partial charge is 0.243 e. The molecule has 1 aliphatic rings. The van der Waals surface area contributed by atoms with Crippen LogP contribution in [0.5, 0.6) is 11.5 Å². The number of aromatic nitrogens is 1. The summed E-state index contributed by atoms with van der Waals surface area (Å²) in [4.78, 5) is 12.9. The molecule has 182 valence electrons. The lowest BCUT2D eigenvalue weighted by Gasteiger charge is -2.29. The van der Waals surface area contributed by atoms with Crippen LogP contribution in [-0.2, 0) is 27.9 Å². The van der Waals surface area contributed by atoms with Gasteiger partial charge in [-0.05, 0) is 61.2 Å². The SMILES string of the molecule is COc1ccc(OC)c(CNC(=O)Cn2ccc3cc(S(=O)(=O)N4CCC(C)CC4)ccc32)c1. The Morgan fingerprint density at radius 3 is 2.53 bits per heavy atom. The molecule has 0 aliphatic carbocycles. The molecule has 2 aromatic carbocycles. The van der Waals surface area contributed by atoms with Gasteiger partial charge in [0.2, 0.25) is 15.9 Å². The van der Waals surface area contributed by atoms with Crippen LogP contribution in [0.4, 0.5) is 0 Å². The first kappa shape index (κ1) is 24.1. The maximum Gasteiger partial charge on any atom is 0.243 e. The monoisotopic (exact) mass is 485 g/mol. The highest BCUT2D eigenvalue weighted by Crippen LogP contribution is 2.27. The van der Waals surface area contributed by atoms with Crippen LogP contribution in [0.1, 0.15) is 25.3 Å². The zero-order chi connectivity index (χ0) is 24.3. The first-order chi connectivity index (χ1) is 16.3. The zero-order valence-electron chi connectivity index (χ0n) is 19.8. The van der Waals surface area contributed by atoms with Crippen molar-refractivity contribution in [3.8, 4) is 11.5 Å². The Morgan fingerprint density at radius 1 is 1.06 bits per heavy atom. The lowest BCUT2D eigenvalue weighted by Crippen LogP contribution is -2.37. The van der Waals surface area contributed by atoms with E-state index >= 15 is 0 Å². The summed E-state index contributed by atoms with van der Waals surface area (Å²) in [5, 5.41) is 3.70. The number of amides is 1. The Hall–Kier alpha value is -3.04. The number of sulfonamides is 1. The van der Waals surface area contributed by atoms with Crippen molar-refractivity contribution in [3.63, 3.8) is 0 Å². The molecule has 0 radical (unpaired) electrons. The Balaban J connectivity index is 1.45. The summed E-state index contributed by atoms with van der Waals surface area (Å²) in [6, 6.07) is 12.4. The van der Waals surface area contributed by atoms with Crippen molar-refractivity contribution in [2.75, 3.05) is 27.3 Å². The van der Waals surface area contributed by atoms with Crippen LogP contribution in [0.15, 0.2) is 53.6 Å². The summed E-state index contributed by atoms with van der Waals surface area (Å²) in [6.07, 6.45) is 3.57. The van der Waals surface area contributed by atoms with Crippen molar-refractivity contribution < 1.29 is 22.7 Å². The standard InChI is InChI=1S/C25H31N3O5S/c1-18-8-12-28(13-9-18)34(30,31)22-5-6-23-19(15-22)10-11-27(23)17-25(29)26-16-20-14-21(32-2)4-7-24(20)33-3/h4-7,10-11,14-15,18H,8-9,12-13,16-17H2,1-3H3,(H,26,29). The predicted octanol–water partition coefficient (Wildman–Crippen LogP) is 3.40. The minimum absolute atomic E-state index is 0.117. The third kappa shape index (κ3) is 5.05. The van der Waals surface area contributed by atoms with Crippen LogP contribution in [0.25, 0.3) is 10.9 Å². The molecule has 1 amide bonds.